The van der Waals surface area contributed by atoms with Crippen molar-refractivity contribution in [2.75, 3.05) is 6.54 Å². The smallest absolute Gasteiger partial charge is 0.270 e. The first-order valence-electron chi connectivity index (χ1n) is 7.07. The molecule has 0 aromatic heterocycles. The summed E-state index contributed by atoms with van der Waals surface area (Å²) in [6.45, 7) is 0.743. The molecule has 110 valence electrons. The third-order valence-corrected chi connectivity index (χ3v) is 4.45. The standard InChI is InChI=1S/C15H16BrN3O2/c16-11-5-3-10(4-6-11)13-2-1-9-19(13)15(21)12-7-8-14(20)18-17-12/h3-6,13H,1-2,7-9H2,(H,18,20). The molecule has 1 fully saturated rings. The average Bonchev–Trinajstić information content (AvgIpc) is 2.97. The van der Waals surface area contributed by atoms with Crippen LogP contribution in [0.4, 0.5) is 0 Å². The first kappa shape index (κ1) is 14.3. The number of nitrogens with one attached hydrogen (secondary N) is 1. The van der Waals surface area contributed by atoms with E-state index in [0.717, 1.165) is 29.4 Å². The molecule has 1 N–H and O–H groups in total. The van der Waals surface area contributed by atoms with Gasteiger partial charge in [-0.3, -0.25) is 9.59 Å². The summed E-state index contributed by atoms with van der Waals surface area (Å²) in [4.78, 5) is 25.6. The Morgan fingerprint density at radius 2 is 2.05 bits per heavy atom. The molecule has 0 bridgehead atoms. The van der Waals surface area contributed by atoms with Gasteiger partial charge < -0.3 is 4.90 Å². The van der Waals surface area contributed by atoms with Gasteiger partial charge in [0.15, 0.2) is 0 Å². The van der Waals surface area contributed by atoms with Crippen molar-refractivity contribution < 1.29 is 9.59 Å². The summed E-state index contributed by atoms with van der Waals surface area (Å²) in [5.74, 6) is -0.183. The molecule has 1 aromatic carbocycles. The number of hydrogen-bond donors (Lipinski definition) is 1. The maximum Gasteiger partial charge on any atom is 0.270 e. The van der Waals surface area contributed by atoms with Gasteiger partial charge in [-0.25, -0.2) is 5.43 Å². The van der Waals surface area contributed by atoms with Crippen LogP contribution in [0.3, 0.4) is 0 Å². The quantitative estimate of drug-likeness (QED) is 0.890. The SMILES string of the molecule is O=C1CCC(C(=O)N2CCCC2c2ccc(Br)cc2)=NN1. The summed E-state index contributed by atoms with van der Waals surface area (Å²) in [5.41, 5.74) is 3.99. The molecule has 0 radical (unpaired) electrons. The van der Waals surface area contributed by atoms with Crippen molar-refractivity contribution >= 4 is 33.5 Å². The maximum absolute atomic E-state index is 12.6. The van der Waals surface area contributed by atoms with Crippen LogP contribution in [-0.2, 0) is 9.59 Å². The predicted molar refractivity (Wildman–Crippen MR) is 82.6 cm³/mol. The Labute approximate surface area is 131 Å². The summed E-state index contributed by atoms with van der Waals surface area (Å²) in [6, 6.07) is 8.18. The van der Waals surface area contributed by atoms with Crippen LogP contribution >= 0.6 is 15.9 Å². The number of halogens is 1. The molecule has 0 saturated carbocycles. The lowest BCUT2D eigenvalue weighted by Crippen LogP contribution is -2.39. The molecule has 0 spiro atoms. The molecule has 1 unspecified atom stereocenters. The molecule has 2 aliphatic rings. The summed E-state index contributed by atoms with van der Waals surface area (Å²) in [5, 5.41) is 3.92. The van der Waals surface area contributed by atoms with Crippen LogP contribution in [0.5, 0.6) is 0 Å². The molecule has 2 aliphatic heterocycles. The Hall–Kier alpha value is -1.69. The maximum atomic E-state index is 12.6. The van der Waals surface area contributed by atoms with Gasteiger partial charge in [0.05, 0.1) is 6.04 Å². The van der Waals surface area contributed by atoms with Gasteiger partial charge in [-0.2, -0.15) is 5.10 Å². The van der Waals surface area contributed by atoms with Gasteiger partial charge in [-0.15, -0.1) is 0 Å². The number of carbonyl (C=O) groups excluding carboxylic acids is 2. The molecule has 5 nitrogen and oxygen atoms in total. The zero-order chi connectivity index (χ0) is 14.8. The van der Waals surface area contributed by atoms with Gasteiger partial charge in [-0.1, -0.05) is 28.1 Å². The van der Waals surface area contributed by atoms with Crippen molar-refractivity contribution in [3.63, 3.8) is 0 Å². The van der Waals surface area contributed by atoms with E-state index < -0.39 is 0 Å². The van der Waals surface area contributed by atoms with Crippen molar-refractivity contribution in [2.45, 2.75) is 31.7 Å². The Balaban J connectivity index is 1.79. The second-order valence-corrected chi connectivity index (χ2v) is 6.22. The molecule has 0 aliphatic carbocycles. The number of likely N-dealkylation sites (tertiary alicyclic amines) is 1. The van der Waals surface area contributed by atoms with E-state index in [1.165, 1.54) is 0 Å². The molecule has 1 atom stereocenters. The van der Waals surface area contributed by atoms with Crippen LogP contribution in [0.15, 0.2) is 33.8 Å². The number of hydrazone groups is 1. The lowest BCUT2D eigenvalue weighted by molar-refractivity contribution is -0.125. The van der Waals surface area contributed by atoms with Gasteiger partial charge in [0, 0.05) is 23.9 Å². The molecule has 2 amide bonds. The molecule has 3 rings (SSSR count). The first-order chi connectivity index (χ1) is 10.1. The van der Waals surface area contributed by atoms with Crippen LogP contribution in [0.25, 0.3) is 0 Å². The minimum atomic E-state index is -0.127. The fraction of sp³-hybridized carbons (Fsp3) is 0.400. The van der Waals surface area contributed by atoms with Crippen molar-refractivity contribution in [1.82, 2.24) is 10.3 Å². The summed E-state index contributed by atoms with van der Waals surface area (Å²) < 4.78 is 1.03. The highest BCUT2D eigenvalue weighted by molar-refractivity contribution is 9.10. The number of benzene rings is 1. The van der Waals surface area contributed by atoms with Gasteiger partial charge in [0.25, 0.3) is 5.91 Å². The van der Waals surface area contributed by atoms with Crippen LogP contribution in [0.2, 0.25) is 0 Å². The van der Waals surface area contributed by atoms with Crippen LogP contribution in [-0.4, -0.2) is 29.0 Å². The van der Waals surface area contributed by atoms with E-state index >= 15 is 0 Å². The molecule has 1 saturated heterocycles. The topological polar surface area (TPSA) is 61.8 Å². The van der Waals surface area contributed by atoms with Gasteiger partial charge >= 0.3 is 0 Å². The normalized spacial score (nSPS) is 22.0. The molecule has 2 heterocycles. The Bertz CT molecular complexity index is 597. The zero-order valence-corrected chi connectivity index (χ0v) is 13.1. The Morgan fingerprint density at radius 3 is 2.71 bits per heavy atom. The first-order valence-corrected chi connectivity index (χ1v) is 7.86. The highest BCUT2D eigenvalue weighted by Gasteiger charge is 2.33. The second-order valence-electron chi connectivity index (χ2n) is 5.30. The number of amides is 2. The van der Waals surface area contributed by atoms with E-state index in [-0.39, 0.29) is 17.9 Å². The van der Waals surface area contributed by atoms with Gasteiger partial charge in [0.1, 0.15) is 5.71 Å². The largest absolute Gasteiger partial charge is 0.331 e. The van der Waals surface area contributed by atoms with Crippen molar-refractivity contribution in [1.29, 1.82) is 0 Å². The summed E-state index contributed by atoms with van der Waals surface area (Å²) in [7, 11) is 0. The lowest BCUT2D eigenvalue weighted by atomic mass is 10.0. The minimum absolute atomic E-state index is 0.0552. The van der Waals surface area contributed by atoms with Gasteiger partial charge in [0.2, 0.25) is 5.91 Å². The molecular formula is C15H16BrN3O2. The van der Waals surface area contributed by atoms with E-state index in [4.69, 9.17) is 0 Å². The van der Waals surface area contributed by atoms with Crippen molar-refractivity contribution in [3.8, 4) is 0 Å². The highest BCUT2D eigenvalue weighted by atomic mass is 79.9. The molecule has 6 heteroatoms. The third-order valence-electron chi connectivity index (χ3n) is 3.92. The second kappa shape index (κ2) is 5.97. The number of nitrogens with zero attached hydrogens (tertiary/aromatic N) is 2. The number of rotatable bonds is 2. The fourth-order valence-corrected chi connectivity index (χ4v) is 3.10. The lowest BCUT2D eigenvalue weighted by Gasteiger charge is -2.26. The predicted octanol–water partition coefficient (Wildman–Crippen LogP) is 2.38. The van der Waals surface area contributed by atoms with E-state index in [1.807, 2.05) is 29.2 Å². The minimum Gasteiger partial charge on any atom is -0.331 e. The summed E-state index contributed by atoms with van der Waals surface area (Å²) in [6.07, 6.45) is 2.72. The Morgan fingerprint density at radius 1 is 1.29 bits per heavy atom. The molecular weight excluding hydrogens is 334 g/mol. The van der Waals surface area contributed by atoms with E-state index in [2.05, 4.69) is 26.5 Å². The monoisotopic (exact) mass is 349 g/mol. The van der Waals surface area contributed by atoms with E-state index in [9.17, 15) is 9.59 Å². The summed E-state index contributed by atoms with van der Waals surface area (Å²) >= 11 is 3.43. The van der Waals surface area contributed by atoms with E-state index in [1.54, 1.807) is 0 Å². The van der Waals surface area contributed by atoms with Crippen molar-refractivity contribution in [3.05, 3.63) is 34.3 Å². The average molecular weight is 350 g/mol. The molecule has 21 heavy (non-hydrogen) atoms. The Kier molecular flexibility index (Phi) is 4.05. The fourth-order valence-electron chi connectivity index (χ4n) is 2.84. The third kappa shape index (κ3) is 3.00. The van der Waals surface area contributed by atoms with Crippen LogP contribution in [0, 0.1) is 0 Å². The van der Waals surface area contributed by atoms with E-state index in [0.29, 0.717) is 18.6 Å². The molecule has 1 aromatic rings. The van der Waals surface area contributed by atoms with Crippen LogP contribution in [0.1, 0.15) is 37.3 Å². The number of hydrogen-bond acceptors (Lipinski definition) is 3. The zero-order valence-electron chi connectivity index (χ0n) is 11.5. The highest BCUT2D eigenvalue weighted by Crippen LogP contribution is 2.33. The van der Waals surface area contributed by atoms with Gasteiger partial charge in [-0.05, 0) is 30.5 Å². The van der Waals surface area contributed by atoms with Crippen LogP contribution < -0.4 is 5.43 Å². The number of carbonyl (C=O) groups is 2. The van der Waals surface area contributed by atoms with Crippen molar-refractivity contribution in [2.24, 2.45) is 5.10 Å².